The van der Waals surface area contributed by atoms with Crippen molar-refractivity contribution in [2.24, 2.45) is 0 Å². The molecule has 1 aliphatic rings. The maximum atomic E-state index is 11.5. The summed E-state index contributed by atoms with van der Waals surface area (Å²) < 4.78 is 28.4. The van der Waals surface area contributed by atoms with Crippen LogP contribution in [0.3, 0.4) is 0 Å². The summed E-state index contributed by atoms with van der Waals surface area (Å²) in [5, 5.41) is 3.25. The van der Waals surface area contributed by atoms with Gasteiger partial charge < -0.3 is 10.1 Å². The Morgan fingerprint density at radius 3 is 2.67 bits per heavy atom. The second kappa shape index (κ2) is 5.71. The second-order valence-corrected chi connectivity index (χ2v) is 6.78. The van der Waals surface area contributed by atoms with Gasteiger partial charge in [0.25, 0.3) is 0 Å². The highest BCUT2D eigenvalue weighted by atomic mass is 32.2. The predicted molar refractivity (Wildman–Crippen MR) is 71.8 cm³/mol. The van der Waals surface area contributed by atoms with Gasteiger partial charge >= 0.3 is 0 Å². The molecule has 0 amide bonds. The van der Waals surface area contributed by atoms with Crippen LogP contribution in [-0.2, 0) is 16.3 Å². The monoisotopic (exact) mass is 269 g/mol. The van der Waals surface area contributed by atoms with Gasteiger partial charge in [0, 0.05) is 12.6 Å². The van der Waals surface area contributed by atoms with Crippen molar-refractivity contribution in [3.8, 4) is 5.75 Å². The zero-order chi connectivity index (χ0) is 13.0. The maximum Gasteiger partial charge on any atom is 0.153 e. The first kappa shape index (κ1) is 13.4. The molecule has 0 spiro atoms. The molecule has 1 fully saturated rings. The molecule has 1 unspecified atom stereocenters. The molecule has 1 N–H and O–H groups in total. The fraction of sp³-hybridized carbons (Fsp3) is 0.538. The van der Waals surface area contributed by atoms with Gasteiger partial charge in [-0.25, -0.2) is 8.42 Å². The van der Waals surface area contributed by atoms with Crippen LogP contribution in [0.1, 0.15) is 12.5 Å². The van der Waals surface area contributed by atoms with Crippen molar-refractivity contribution >= 4 is 9.84 Å². The van der Waals surface area contributed by atoms with Gasteiger partial charge in [-0.2, -0.15) is 0 Å². The fourth-order valence-corrected chi connectivity index (χ4v) is 3.62. The molecule has 1 heterocycles. The van der Waals surface area contributed by atoms with E-state index >= 15 is 0 Å². The highest BCUT2D eigenvalue weighted by Crippen LogP contribution is 2.14. The molecular formula is C13H19NO3S. The van der Waals surface area contributed by atoms with Gasteiger partial charge in [0.05, 0.1) is 18.1 Å². The highest BCUT2D eigenvalue weighted by molar-refractivity contribution is 7.91. The van der Waals surface area contributed by atoms with Crippen molar-refractivity contribution in [1.82, 2.24) is 5.32 Å². The Bertz CT molecular complexity index is 481. The number of sulfone groups is 1. The Morgan fingerprint density at radius 2 is 2.06 bits per heavy atom. The molecule has 1 aromatic rings. The van der Waals surface area contributed by atoms with Crippen molar-refractivity contribution in [2.45, 2.75) is 19.4 Å². The number of nitrogens with one attached hydrogen (secondary N) is 1. The molecule has 0 aliphatic carbocycles. The number of benzene rings is 1. The summed E-state index contributed by atoms with van der Waals surface area (Å²) in [4.78, 5) is 0. The topological polar surface area (TPSA) is 55.4 Å². The summed E-state index contributed by atoms with van der Waals surface area (Å²) in [6, 6.07) is 7.87. The van der Waals surface area contributed by atoms with E-state index in [1.54, 1.807) is 0 Å². The summed E-state index contributed by atoms with van der Waals surface area (Å²) >= 11 is 0. The molecule has 5 heteroatoms. The van der Waals surface area contributed by atoms with Crippen LogP contribution in [0.15, 0.2) is 24.3 Å². The van der Waals surface area contributed by atoms with Crippen LogP contribution in [0.2, 0.25) is 0 Å². The van der Waals surface area contributed by atoms with E-state index in [0.29, 0.717) is 13.2 Å². The summed E-state index contributed by atoms with van der Waals surface area (Å²) in [5.74, 6) is 1.35. The van der Waals surface area contributed by atoms with Gasteiger partial charge in [-0.05, 0) is 31.0 Å². The van der Waals surface area contributed by atoms with Gasteiger partial charge in [0.2, 0.25) is 0 Å². The molecule has 18 heavy (non-hydrogen) atoms. The van der Waals surface area contributed by atoms with Crippen molar-refractivity contribution in [1.29, 1.82) is 0 Å². The lowest BCUT2D eigenvalue weighted by atomic mass is 10.1. The minimum Gasteiger partial charge on any atom is -0.494 e. The third-order valence-corrected chi connectivity index (χ3v) is 4.75. The van der Waals surface area contributed by atoms with Crippen LogP contribution in [0.5, 0.6) is 5.75 Å². The summed E-state index contributed by atoms with van der Waals surface area (Å²) in [6.07, 6.45) is 0.742. The Balaban J connectivity index is 1.96. The summed E-state index contributed by atoms with van der Waals surface area (Å²) in [5.41, 5.74) is 1.13. The van der Waals surface area contributed by atoms with Gasteiger partial charge in [-0.1, -0.05) is 12.1 Å². The third kappa shape index (κ3) is 3.71. The molecule has 100 valence electrons. The Morgan fingerprint density at radius 1 is 1.33 bits per heavy atom. The van der Waals surface area contributed by atoms with Crippen LogP contribution in [0.4, 0.5) is 0 Å². The molecule has 0 bridgehead atoms. The number of rotatable bonds is 4. The van der Waals surface area contributed by atoms with E-state index in [2.05, 4.69) is 5.32 Å². The Hall–Kier alpha value is -1.07. The van der Waals surface area contributed by atoms with Crippen molar-refractivity contribution < 1.29 is 13.2 Å². The molecule has 1 aliphatic heterocycles. The van der Waals surface area contributed by atoms with E-state index in [-0.39, 0.29) is 17.5 Å². The van der Waals surface area contributed by atoms with Crippen LogP contribution in [0, 0.1) is 0 Å². The summed E-state index contributed by atoms with van der Waals surface area (Å²) in [6.45, 7) is 3.16. The van der Waals surface area contributed by atoms with Crippen molar-refractivity contribution in [3.63, 3.8) is 0 Å². The number of hydrogen-bond acceptors (Lipinski definition) is 4. The Kier molecular flexibility index (Phi) is 4.24. The second-order valence-electron chi connectivity index (χ2n) is 4.55. The fourth-order valence-electron chi connectivity index (χ4n) is 2.17. The molecular weight excluding hydrogens is 250 g/mol. The smallest absolute Gasteiger partial charge is 0.153 e. The van der Waals surface area contributed by atoms with E-state index < -0.39 is 9.84 Å². The lowest BCUT2D eigenvalue weighted by Crippen LogP contribution is -2.46. The SMILES string of the molecule is CCOc1ccc(CC2CS(=O)(=O)CCN2)cc1. The molecule has 1 atom stereocenters. The van der Waals surface area contributed by atoms with Gasteiger partial charge in [0.1, 0.15) is 5.75 Å². The average molecular weight is 269 g/mol. The van der Waals surface area contributed by atoms with Crippen molar-refractivity contribution in [3.05, 3.63) is 29.8 Å². The molecule has 1 saturated heterocycles. The molecule has 2 rings (SSSR count). The third-order valence-electron chi connectivity index (χ3n) is 3.02. The lowest BCUT2D eigenvalue weighted by Gasteiger charge is -2.23. The van der Waals surface area contributed by atoms with E-state index in [0.717, 1.165) is 17.7 Å². The standard InChI is InChI=1S/C13H19NO3S/c1-2-17-13-5-3-11(4-6-13)9-12-10-18(15,16)8-7-14-12/h3-6,12,14H,2,7-10H2,1H3. The first-order chi connectivity index (χ1) is 8.59. The zero-order valence-electron chi connectivity index (χ0n) is 10.6. The van der Waals surface area contributed by atoms with E-state index in [1.807, 2.05) is 31.2 Å². The quantitative estimate of drug-likeness (QED) is 0.886. The highest BCUT2D eigenvalue weighted by Gasteiger charge is 2.24. The van der Waals surface area contributed by atoms with Crippen LogP contribution < -0.4 is 10.1 Å². The van der Waals surface area contributed by atoms with Gasteiger partial charge in [-0.3, -0.25) is 0 Å². The maximum absolute atomic E-state index is 11.5. The van der Waals surface area contributed by atoms with Crippen molar-refractivity contribution in [2.75, 3.05) is 24.7 Å². The normalized spacial score (nSPS) is 22.6. The van der Waals surface area contributed by atoms with E-state index in [1.165, 1.54) is 0 Å². The first-order valence-corrected chi connectivity index (χ1v) is 8.07. The largest absolute Gasteiger partial charge is 0.494 e. The summed E-state index contributed by atoms with van der Waals surface area (Å²) in [7, 11) is -2.86. The lowest BCUT2D eigenvalue weighted by molar-refractivity contribution is 0.340. The first-order valence-electron chi connectivity index (χ1n) is 6.24. The van der Waals surface area contributed by atoms with Gasteiger partial charge in [0.15, 0.2) is 9.84 Å². The minimum absolute atomic E-state index is 0.0293. The zero-order valence-corrected chi connectivity index (χ0v) is 11.4. The van der Waals surface area contributed by atoms with E-state index in [4.69, 9.17) is 4.74 Å². The van der Waals surface area contributed by atoms with Gasteiger partial charge in [-0.15, -0.1) is 0 Å². The van der Waals surface area contributed by atoms with Crippen LogP contribution in [-0.4, -0.2) is 39.1 Å². The minimum atomic E-state index is -2.86. The van der Waals surface area contributed by atoms with E-state index in [9.17, 15) is 8.42 Å². The predicted octanol–water partition coefficient (Wildman–Crippen LogP) is 1.01. The number of ether oxygens (including phenoxy) is 1. The Labute approximate surface area is 108 Å². The molecule has 0 aromatic heterocycles. The molecule has 0 saturated carbocycles. The van der Waals surface area contributed by atoms with Crippen LogP contribution >= 0.6 is 0 Å². The van der Waals surface area contributed by atoms with Crippen LogP contribution in [0.25, 0.3) is 0 Å². The number of hydrogen-bond donors (Lipinski definition) is 1. The molecule has 1 aromatic carbocycles. The average Bonchev–Trinajstić information content (AvgIpc) is 2.31. The molecule has 0 radical (unpaired) electrons. The molecule has 4 nitrogen and oxygen atoms in total.